The van der Waals surface area contributed by atoms with Crippen molar-refractivity contribution in [2.24, 2.45) is 5.73 Å². The second-order valence-electron chi connectivity index (χ2n) is 5.23. The topological polar surface area (TPSA) is 64.9 Å². The maximum absolute atomic E-state index is 6.51. The van der Waals surface area contributed by atoms with Gasteiger partial charge in [0.2, 0.25) is 0 Å². The average Bonchev–Trinajstić information content (AvgIpc) is 2.96. The molecule has 0 spiro atoms. The molecular weight excluding hydrogens is 406 g/mol. The minimum atomic E-state index is -0.427. The Bertz CT molecular complexity index is 583. The highest BCUT2D eigenvalue weighted by Gasteiger charge is 2.33. The van der Waals surface area contributed by atoms with Crippen molar-refractivity contribution in [1.82, 2.24) is 10.1 Å². The molecule has 1 saturated carbocycles. The molecule has 0 atom stereocenters. The summed E-state index contributed by atoms with van der Waals surface area (Å²) in [6, 6.07) is 1.97. The highest BCUT2D eigenvalue weighted by molar-refractivity contribution is 9.13. The van der Waals surface area contributed by atoms with Crippen molar-refractivity contribution in [3.05, 3.63) is 20.1 Å². The zero-order valence-corrected chi connectivity index (χ0v) is 14.9. The number of thiophene rings is 1. The van der Waals surface area contributed by atoms with Gasteiger partial charge in [-0.2, -0.15) is 4.98 Å². The van der Waals surface area contributed by atoms with Crippen LogP contribution in [0.3, 0.4) is 0 Å². The molecule has 0 radical (unpaired) electrons. The Kier molecular flexibility index (Phi) is 4.31. The maximum Gasteiger partial charge on any atom is 0.268 e. The largest absolute Gasteiger partial charge is 0.333 e. The molecule has 0 saturated heterocycles. The van der Waals surface area contributed by atoms with Crippen molar-refractivity contribution < 1.29 is 4.52 Å². The van der Waals surface area contributed by atoms with Gasteiger partial charge in [-0.15, -0.1) is 11.3 Å². The van der Waals surface area contributed by atoms with E-state index in [1.165, 1.54) is 12.8 Å². The van der Waals surface area contributed by atoms with Crippen LogP contribution in [0.15, 0.2) is 18.8 Å². The highest BCUT2D eigenvalue weighted by atomic mass is 79.9. The molecule has 0 aromatic carbocycles. The fourth-order valence-electron chi connectivity index (χ4n) is 2.56. The number of nitrogens with two attached hydrogens (primary N) is 1. The van der Waals surface area contributed by atoms with Gasteiger partial charge in [-0.05, 0) is 50.8 Å². The molecule has 4 nitrogen and oxygen atoms in total. The first-order valence-electron chi connectivity index (χ1n) is 6.67. The summed E-state index contributed by atoms with van der Waals surface area (Å²) < 4.78 is 7.42. The first-order chi connectivity index (χ1) is 9.58. The van der Waals surface area contributed by atoms with Crippen LogP contribution in [0.4, 0.5) is 0 Å². The molecule has 2 heterocycles. The summed E-state index contributed by atoms with van der Waals surface area (Å²) in [5.41, 5.74) is 6.08. The van der Waals surface area contributed by atoms with Gasteiger partial charge in [0, 0.05) is 4.47 Å². The summed E-state index contributed by atoms with van der Waals surface area (Å²) in [5.74, 6) is 1.19. The van der Waals surface area contributed by atoms with E-state index in [2.05, 4.69) is 42.0 Å². The molecule has 0 aliphatic heterocycles. The Balaban J connectivity index is 1.89. The van der Waals surface area contributed by atoms with E-state index in [0.29, 0.717) is 11.7 Å². The molecule has 7 heteroatoms. The summed E-state index contributed by atoms with van der Waals surface area (Å²) >= 11 is 8.50. The van der Waals surface area contributed by atoms with E-state index >= 15 is 0 Å². The Morgan fingerprint density at radius 3 is 2.50 bits per heavy atom. The van der Waals surface area contributed by atoms with Gasteiger partial charge >= 0.3 is 0 Å². The molecule has 1 fully saturated rings. The SMILES string of the molecule is NC1(c2noc(-c3cc(Br)c(Br)s3)n2)CCCCCC1. The lowest BCUT2D eigenvalue weighted by molar-refractivity contribution is 0.334. The third-order valence-corrected chi connectivity index (χ3v) is 6.97. The third kappa shape index (κ3) is 2.86. The van der Waals surface area contributed by atoms with E-state index in [1.807, 2.05) is 6.07 Å². The van der Waals surface area contributed by atoms with Crippen molar-refractivity contribution in [2.75, 3.05) is 0 Å². The molecule has 1 aliphatic carbocycles. The van der Waals surface area contributed by atoms with E-state index in [0.717, 1.165) is 38.8 Å². The monoisotopic (exact) mass is 419 g/mol. The van der Waals surface area contributed by atoms with Crippen molar-refractivity contribution in [3.8, 4) is 10.8 Å². The zero-order chi connectivity index (χ0) is 14.2. The van der Waals surface area contributed by atoms with E-state index in [4.69, 9.17) is 10.3 Å². The normalized spacial score (nSPS) is 18.9. The Morgan fingerprint density at radius 1 is 1.20 bits per heavy atom. The number of hydrogen-bond donors (Lipinski definition) is 1. The van der Waals surface area contributed by atoms with Gasteiger partial charge in [0.15, 0.2) is 5.82 Å². The number of nitrogens with zero attached hydrogens (tertiary/aromatic N) is 2. The van der Waals surface area contributed by atoms with Crippen molar-refractivity contribution in [2.45, 2.75) is 44.1 Å². The van der Waals surface area contributed by atoms with Crippen LogP contribution in [0.25, 0.3) is 10.8 Å². The second-order valence-corrected chi connectivity index (χ2v) is 8.45. The molecule has 0 amide bonds. The van der Waals surface area contributed by atoms with Gasteiger partial charge < -0.3 is 10.3 Å². The smallest absolute Gasteiger partial charge is 0.268 e. The predicted molar refractivity (Wildman–Crippen MR) is 86.6 cm³/mol. The van der Waals surface area contributed by atoms with E-state index in [9.17, 15) is 0 Å². The van der Waals surface area contributed by atoms with Crippen molar-refractivity contribution in [1.29, 1.82) is 0 Å². The van der Waals surface area contributed by atoms with Gasteiger partial charge in [-0.3, -0.25) is 0 Å². The van der Waals surface area contributed by atoms with E-state index in [-0.39, 0.29) is 0 Å². The first kappa shape index (κ1) is 14.7. The summed E-state index contributed by atoms with van der Waals surface area (Å²) in [5, 5.41) is 4.13. The quantitative estimate of drug-likeness (QED) is 0.706. The van der Waals surface area contributed by atoms with Gasteiger partial charge in [-0.1, -0.05) is 30.8 Å². The fraction of sp³-hybridized carbons (Fsp3) is 0.538. The van der Waals surface area contributed by atoms with Crippen LogP contribution >= 0.6 is 43.2 Å². The molecule has 3 rings (SSSR count). The number of aromatic nitrogens is 2. The van der Waals surface area contributed by atoms with Crippen LogP contribution in [0.5, 0.6) is 0 Å². The van der Waals surface area contributed by atoms with Crippen molar-refractivity contribution >= 4 is 43.2 Å². The van der Waals surface area contributed by atoms with E-state index < -0.39 is 5.54 Å². The summed E-state index contributed by atoms with van der Waals surface area (Å²) in [6.07, 6.45) is 6.63. The molecule has 0 unspecified atom stereocenters. The Morgan fingerprint density at radius 2 is 1.90 bits per heavy atom. The van der Waals surface area contributed by atoms with Crippen molar-refractivity contribution in [3.63, 3.8) is 0 Å². The fourth-order valence-corrected chi connectivity index (χ4v) is 4.52. The van der Waals surface area contributed by atoms with Crippen LogP contribution in [0.2, 0.25) is 0 Å². The lowest BCUT2D eigenvalue weighted by Crippen LogP contribution is -2.37. The highest BCUT2D eigenvalue weighted by Crippen LogP contribution is 2.39. The molecule has 20 heavy (non-hydrogen) atoms. The van der Waals surface area contributed by atoms with E-state index in [1.54, 1.807) is 11.3 Å². The minimum absolute atomic E-state index is 0.427. The van der Waals surface area contributed by atoms with Gasteiger partial charge in [-0.25, -0.2) is 0 Å². The van der Waals surface area contributed by atoms with Gasteiger partial charge in [0.1, 0.15) is 0 Å². The van der Waals surface area contributed by atoms with Crippen LogP contribution in [0, 0.1) is 0 Å². The minimum Gasteiger partial charge on any atom is -0.333 e. The predicted octanol–water partition coefficient (Wildman–Crippen LogP) is 4.83. The molecule has 2 aromatic heterocycles. The number of halogens is 2. The Labute approximate surface area is 138 Å². The summed E-state index contributed by atoms with van der Waals surface area (Å²) in [6.45, 7) is 0. The van der Waals surface area contributed by atoms with Gasteiger partial charge in [0.05, 0.1) is 14.2 Å². The first-order valence-corrected chi connectivity index (χ1v) is 9.07. The molecule has 108 valence electrons. The lowest BCUT2D eigenvalue weighted by atomic mass is 9.91. The standard InChI is InChI=1S/C13H15Br2N3OS/c14-8-7-9(20-10(8)15)11-17-12(18-19-11)13(16)5-3-1-2-4-6-13/h7H,1-6,16H2. The average molecular weight is 421 g/mol. The molecular formula is C13H15Br2N3OS. The number of hydrogen-bond acceptors (Lipinski definition) is 5. The third-order valence-electron chi connectivity index (χ3n) is 3.72. The van der Waals surface area contributed by atoms with Crippen LogP contribution in [-0.2, 0) is 5.54 Å². The molecule has 1 aliphatic rings. The molecule has 2 aromatic rings. The zero-order valence-electron chi connectivity index (χ0n) is 10.9. The Hall–Kier alpha value is -0.240. The second kappa shape index (κ2) is 5.87. The lowest BCUT2D eigenvalue weighted by Gasteiger charge is -2.23. The summed E-state index contributed by atoms with van der Waals surface area (Å²) in [4.78, 5) is 5.48. The maximum atomic E-state index is 6.51. The molecule has 2 N–H and O–H groups in total. The van der Waals surface area contributed by atoms with Gasteiger partial charge in [0.25, 0.3) is 5.89 Å². The van der Waals surface area contributed by atoms with Crippen LogP contribution < -0.4 is 5.73 Å². The summed E-state index contributed by atoms with van der Waals surface area (Å²) in [7, 11) is 0. The number of rotatable bonds is 2. The van der Waals surface area contributed by atoms with Crippen LogP contribution in [-0.4, -0.2) is 10.1 Å². The molecule has 0 bridgehead atoms. The van der Waals surface area contributed by atoms with Crippen LogP contribution in [0.1, 0.15) is 44.3 Å².